The number of fused-ring (bicyclic) bond motifs is 2. The molecule has 0 saturated carbocycles. The van der Waals surface area contributed by atoms with Crippen molar-refractivity contribution in [3.8, 4) is 0 Å². The second-order valence-corrected chi connectivity index (χ2v) is 6.15. The first-order chi connectivity index (χ1) is 10.2. The number of hydrogen-bond acceptors (Lipinski definition) is 3. The molecule has 21 heavy (non-hydrogen) atoms. The van der Waals surface area contributed by atoms with Gasteiger partial charge in [-0.1, -0.05) is 18.2 Å². The maximum Gasteiger partial charge on any atom is 0.245 e. The van der Waals surface area contributed by atoms with Crippen molar-refractivity contribution in [3.05, 3.63) is 29.8 Å². The van der Waals surface area contributed by atoms with E-state index in [1.54, 1.807) is 0 Å². The Labute approximate surface area is 123 Å². The van der Waals surface area contributed by atoms with E-state index in [2.05, 4.69) is 16.7 Å². The third-order valence-corrected chi connectivity index (χ3v) is 4.95. The highest BCUT2D eigenvalue weighted by molar-refractivity contribution is 5.90. The summed E-state index contributed by atoms with van der Waals surface area (Å²) in [5, 5.41) is 6.23. The number of rotatable bonds is 1. The monoisotopic (exact) mass is 285 g/mol. The van der Waals surface area contributed by atoms with E-state index < -0.39 is 0 Å². The minimum atomic E-state index is -0.183. The Bertz CT molecular complexity index is 576. The molecule has 0 spiro atoms. The predicted octanol–water partition coefficient (Wildman–Crippen LogP) is 0.760. The molecule has 2 amide bonds. The van der Waals surface area contributed by atoms with Crippen molar-refractivity contribution in [1.29, 1.82) is 0 Å². The molecule has 0 aromatic heterocycles. The normalized spacial score (nSPS) is 30.4. The lowest BCUT2D eigenvalue weighted by Gasteiger charge is -2.37. The van der Waals surface area contributed by atoms with Gasteiger partial charge in [-0.2, -0.15) is 0 Å². The standard InChI is InChI=1S/C16H19N3O2/c20-15-11-5-3-7-19(14(11)9-17-15)16(21)13-8-10-4-1-2-6-12(10)18-13/h1-2,4,6,11,13-14,18H,3,5,7-9H2,(H,17,20). The van der Waals surface area contributed by atoms with E-state index >= 15 is 0 Å². The summed E-state index contributed by atoms with van der Waals surface area (Å²) < 4.78 is 0. The van der Waals surface area contributed by atoms with Crippen LogP contribution in [0.1, 0.15) is 18.4 Å². The SMILES string of the molecule is O=C1NCC2C1CCCN2C(=O)C1Cc2ccccc2N1. The summed E-state index contributed by atoms with van der Waals surface area (Å²) in [6, 6.07) is 7.93. The van der Waals surface area contributed by atoms with Gasteiger partial charge in [0.1, 0.15) is 6.04 Å². The fraction of sp³-hybridized carbons (Fsp3) is 0.500. The van der Waals surface area contributed by atoms with E-state index in [0.29, 0.717) is 6.54 Å². The Kier molecular flexibility index (Phi) is 2.87. The van der Waals surface area contributed by atoms with Crippen LogP contribution >= 0.6 is 0 Å². The average molecular weight is 285 g/mol. The number of carbonyl (C=O) groups is 2. The van der Waals surface area contributed by atoms with Crippen molar-refractivity contribution in [2.75, 3.05) is 18.4 Å². The molecule has 2 fully saturated rings. The minimum absolute atomic E-state index is 0.00789. The van der Waals surface area contributed by atoms with Crippen molar-refractivity contribution in [2.24, 2.45) is 5.92 Å². The first-order valence-corrected chi connectivity index (χ1v) is 7.66. The topological polar surface area (TPSA) is 61.4 Å². The van der Waals surface area contributed by atoms with Gasteiger partial charge in [0, 0.05) is 25.2 Å². The molecule has 3 unspecified atom stereocenters. The number of carbonyl (C=O) groups excluding carboxylic acids is 2. The lowest BCUT2D eigenvalue weighted by molar-refractivity contribution is -0.137. The number of nitrogens with one attached hydrogen (secondary N) is 2. The van der Waals surface area contributed by atoms with Gasteiger partial charge in [-0.25, -0.2) is 0 Å². The van der Waals surface area contributed by atoms with Gasteiger partial charge in [-0.05, 0) is 24.5 Å². The zero-order valence-corrected chi connectivity index (χ0v) is 11.8. The third kappa shape index (κ3) is 1.99. The molecule has 2 saturated heterocycles. The van der Waals surface area contributed by atoms with Crippen molar-refractivity contribution in [1.82, 2.24) is 10.2 Å². The van der Waals surface area contributed by atoms with Gasteiger partial charge in [0.05, 0.1) is 12.0 Å². The van der Waals surface area contributed by atoms with Gasteiger partial charge in [0.25, 0.3) is 0 Å². The van der Waals surface area contributed by atoms with E-state index in [0.717, 1.165) is 31.5 Å². The summed E-state index contributed by atoms with van der Waals surface area (Å²) in [7, 11) is 0. The van der Waals surface area contributed by atoms with Crippen LogP contribution in [0.4, 0.5) is 5.69 Å². The van der Waals surface area contributed by atoms with Gasteiger partial charge in [-0.3, -0.25) is 9.59 Å². The summed E-state index contributed by atoms with van der Waals surface area (Å²) in [4.78, 5) is 26.6. The average Bonchev–Trinajstić information content (AvgIpc) is 3.10. The lowest BCUT2D eigenvalue weighted by atomic mass is 9.91. The minimum Gasteiger partial charge on any atom is -0.373 e. The van der Waals surface area contributed by atoms with Gasteiger partial charge in [-0.15, -0.1) is 0 Å². The predicted molar refractivity (Wildman–Crippen MR) is 78.8 cm³/mol. The second kappa shape index (κ2) is 4.76. The molecule has 2 N–H and O–H groups in total. The van der Waals surface area contributed by atoms with E-state index in [-0.39, 0.29) is 29.8 Å². The molecule has 3 aliphatic rings. The van der Waals surface area contributed by atoms with Crippen LogP contribution in [0.25, 0.3) is 0 Å². The molecule has 0 bridgehead atoms. The number of amides is 2. The van der Waals surface area contributed by atoms with Crippen LogP contribution in [-0.4, -0.2) is 41.9 Å². The molecule has 3 aliphatic heterocycles. The van der Waals surface area contributed by atoms with Gasteiger partial charge in [0.2, 0.25) is 11.8 Å². The van der Waals surface area contributed by atoms with Crippen LogP contribution in [-0.2, 0) is 16.0 Å². The summed E-state index contributed by atoms with van der Waals surface area (Å²) in [5.74, 6) is 0.240. The zero-order chi connectivity index (χ0) is 14.4. The van der Waals surface area contributed by atoms with E-state index in [1.165, 1.54) is 5.56 Å². The van der Waals surface area contributed by atoms with Crippen LogP contribution in [0.3, 0.4) is 0 Å². The number of nitrogens with zero attached hydrogens (tertiary/aromatic N) is 1. The Morgan fingerprint density at radius 1 is 1.29 bits per heavy atom. The molecule has 1 aromatic carbocycles. The van der Waals surface area contributed by atoms with Crippen LogP contribution in [0.5, 0.6) is 0 Å². The highest BCUT2D eigenvalue weighted by Gasteiger charge is 2.44. The van der Waals surface area contributed by atoms with Crippen LogP contribution in [0.15, 0.2) is 24.3 Å². The van der Waals surface area contributed by atoms with Crippen LogP contribution < -0.4 is 10.6 Å². The van der Waals surface area contributed by atoms with Crippen molar-refractivity contribution in [3.63, 3.8) is 0 Å². The van der Waals surface area contributed by atoms with E-state index in [1.807, 2.05) is 23.1 Å². The van der Waals surface area contributed by atoms with Crippen molar-refractivity contribution in [2.45, 2.75) is 31.3 Å². The number of benzene rings is 1. The molecule has 3 heterocycles. The largest absolute Gasteiger partial charge is 0.373 e. The number of anilines is 1. The second-order valence-electron chi connectivity index (χ2n) is 6.15. The number of hydrogen-bond donors (Lipinski definition) is 2. The molecule has 5 nitrogen and oxygen atoms in total. The quantitative estimate of drug-likeness (QED) is 0.801. The summed E-state index contributed by atoms with van der Waals surface area (Å²) in [6.07, 6.45) is 2.56. The first kappa shape index (κ1) is 12.7. The number of para-hydroxylation sites is 1. The first-order valence-electron chi connectivity index (χ1n) is 7.66. The Morgan fingerprint density at radius 2 is 2.14 bits per heavy atom. The molecular weight excluding hydrogens is 266 g/mol. The fourth-order valence-electron chi connectivity index (χ4n) is 3.87. The molecular formula is C16H19N3O2. The number of likely N-dealkylation sites (tertiary alicyclic amines) is 1. The highest BCUT2D eigenvalue weighted by Crippen LogP contribution is 2.31. The fourth-order valence-corrected chi connectivity index (χ4v) is 3.87. The number of piperidine rings is 1. The lowest BCUT2D eigenvalue weighted by Crippen LogP contribution is -2.53. The summed E-state index contributed by atoms with van der Waals surface area (Å²) in [6.45, 7) is 1.37. The highest BCUT2D eigenvalue weighted by atomic mass is 16.2. The third-order valence-electron chi connectivity index (χ3n) is 4.95. The van der Waals surface area contributed by atoms with Gasteiger partial charge in [0.15, 0.2) is 0 Å². The summed E-state index contributed by atoms with van der Waals surface area (Å²) in [5.41, 5.74) is 2.26. The molecule has 3 atom stereocenters. The summed E-state index contributed by atoms with van der Waals surface area (Å²) >= 11 is 0. The van der Waals surface area contributed by atoms with E-state index in [4.69, 9.17) is 0 Å². The zero-order valence-electron chi connectivity index (χ0n) is 11.8. The molecule has 4 rings (SSSR count). The van der Waals surface area contributed by atoms with Crippen LogP contribution in [0, 0.1) is 5.92 Å². The van der Waals surface area contributed by atoms with Gasteiger partial charge >= 0.3 is 0 Å². The Morgan fingerprint density at radius 3 is 3.00 bits per heavy atom. The molecule has 1 aromatic rings. The Hall–Kier alpha value is -2.04. The van der Waals surface area contributed by atoms with Crippen molar-refractivity contribution >= 4 is 17.5 Å². The Balaban J connectivity index is 1.52. The van der Waals surface area contributed by atoms with Gasteiger partial charge < -0.3 is 15.5 Å². The van der Waals surface area contributed by atoms with Crippen molar-refractivity contribution < 1.29 is 9.59 Å². The molecule has 0 radical (unpaired) electrons. The molecule has 5 heteroatoms. The maximum atomic E-state index is 12.8. The van der Waals surface area contributed by atoms with Crippen LogP contribution in [0.2, 0.25) is 0 Å². The molecule has 0 aliphatic carbocycles. The maximum absolute atomic E-state index is 12.8. The van der Waals surface area contributed by atoms with E-state index in [9.17, 15) is 9.59 Å². The molecule has 110 valence electrons. The smallest absolute Gasteiger partial charge is 0.245 e.